The minimum absolute atomic E-state index is 0.0564. The van der Waals surface area contributed by atoms with E-state index in [2.05, 4.69) is 33.0 Å². The third-order valence-electron chi connectivity index (χ3n) is 4.87. The van der Waals surface area contributed by atoms with Gasteiger partial charge in [-0.15, -0.1) is 0 Å². The molecular weight excluding hydrogens is 450 g/mol. The number of carbonyl (C=O) groups is 3. The Bertz CT molecular complexity index is 912. The maximum Gasteiger partial charge on any atom is 0.408 e. The van der Waals surface area contributed by atoms with Gasteiger partial charge < -0.3 is 14.8 Å². The van der Waals surface area contributed by atoms with E-state index in [0.717, 1.165) is 17.5 Å². The van der Waals surface area contributed by atoms with Gasteiger partial charge in [0.15, 0.2) is 5.12 Å². The average Bonchev–Trinajstić information content (AvgIpc) is 2.80. The maximum absolute atomic E-state index is 12.7. The fourth-order valence-electron chi connectivity index (χ4n) is 3.49. The predicted octanol–water partition coefficient (Wildman–Crippen LogP) is 5.75. The highest BCUT2D eigenvalue weighted by molar-refractivity contribution is 8.13. The Hall–Kier alpha value is -2.80. The van der Waals surface area contributed by atoms with Crippen molar-refractivity contribution in [3.8, 4) is 0 Å². The van der Waals surface area contributed by atoms with Gasteiger partial charge in [-0.2, -0.15) is 0 Å². The minimum Gasteiger partial charge on any atom is -0.459 e. The number of nitrogens with one attached hydrogen (secondary N) is 1. The molecule has 0 saturated carbocycles. The molecule has 2 aromatic rings. The van der Waals surface area contributed by atoms with Crippen LogP contribution in [0.2, 0.25) is 0 Å². The van der Waals surface area contributed by atoms with E-state index in [4.69, 9.17) is 9.47 Å². The molecular formula is C27H35NO5S. The van der Waals surface area contributed by atoms with Crippen LogP contribution in [0.5, 0.6) is 0 Å². The topological polar surface area (TPSA) is 81.7 Å². The summed E-state index contributed by atoms with van der Waals surface area (Å²) >= 11 is 1.18. The van der Waals surface area contributed by atoms with Crippen LogP contribution in [0.15, 0.2) is 60.7 Å². The van der Waals surface area contributed by atoms with Gasteiger partial charge in [0.05, 0.1) is 0 Å². The molecule has 184 valence electrons. The molecule has 1 unspecified atom stereocenters. The zero-order valence-corrected chi connectivity index (χ0v) is 21.2. The van der Waals surface area contributed by atoms with Crippen molar-refractivity contribution >= 4 is 28.9 Å². The van der Waals surface area contributed by atoms with E-state index < -0.39 is 18.1 Å². The van der Waals surface area contributed by atoms with Crippen molar-refractivity contribution in [3.63, 3.8) is 0 Å². The van der Waals surface area contributed by atoms with Crippen LogP contribution >= 0.6 is 11.8 Å². The van der Waals surface area contributed by atoms with Crippen LogP contribution in [-0.4, -0.2) is 29.0 Å². The number of esters is 1. The molecule has 0 radical (unpaired) electrons. The highest BCUT2D eigenvalue weighted by atomic mass is 32.2. The zero-order chi connectivity index (χ0) is 25.0. The molecule has 0 aliphatic rings. The van der Waals surface area contributed by atoms with Crippen molar-refractivity contribution in [2.24, 2.45) is 11.3 Å². The summed E-state index contributed by atoms with van der Waals surface area (Å²) in [5.74, 6) is 0.332. The van der Waals surface area contributed by atoms with Crippen molar-refractivity contribution in [2.75, 3.05) is 5.75 Å². The van der Waals surface area contributed by atoms with Crippen LogP contribution in [0, 0.1) is 11.3 Å². The first-order chi connectivity index (χ1) is 16.1. The molecule has 6 nitrogen and oxygen atoms in total. The van der Waals surface area contributed by atoms with Gasteiger partial charge in [0.25, 0.3) is 0 Å². The van der Waals surface area contributed by atoms with Crippen molar-refractivity contribution < 1.29 is 23.9 Å². The van der Waals surface area contributed by atoms with Crippen LogP contribution in [0.25, 0.3) is 0 Å². The Balaban J connectivity index is 1.93. The quantitative estimate of drug-likeness (QED) is 0.408. The molecule has 2 rings (SSSR count). The molecule has 0 heterocycles. The average molecular weight is 486 g/mol. The lowest BCUT2D eigenvalue weighted by Crippen LogP contribution is -2.43. The first kappa shape index (κ1) is 27.4. The van der Waals surface area contributed by atoms with E-state index in [-0.39, 0.29) is 30.2 Å². The second-order valence-electron chi connectivity index (χ2n) is 9.61. The summed E-state index contributed by atoms with van der Waals surface area (Å²) in [6, 6.07) is 17.3. The highest BCUT2D eigenvalue weighted by Crippen LogP contribution is 2.27. The largest absolute Gasteiger partial charge is 0.459 e. The Morgan fingerprint density at radius 1 is 0.882 bits per heavy atom. The molecule has 7 heteroatoms. The molecule has 34 heavy (non-hydrogen) atoms. The number of ether oxygens (including phenoxy) is 2. The molecule has 0 fully saturated rings. The number of thioether (sulfide) groups is 1. The van der Waals surface area contributed by atoms with E-state index in [1.165, 1.54) is 11.8 Å². The van der Waals surface area contributed by atoms with Gasteiger partial charge in [-0.25, -0.2) is 9.59 Å². The summed E-state index contributed by atoms with van der Waals surface area (Å²) in [6.45, 7) is 8.72. The van der Waals surface area contributed by atoms with Gasteiger partial charge in [0.1, 0.15) is 19.3 Å². The zero-order valence-electron chi connectivity index (χ0n) is 20.4. The van der Waals surface area contributed by atoms with Gasteiger partial charge in [-0.3, -0.25) is 4.79 Å². The van der Waals surface area contributed by atoms with Crippen LogP contribution in [0.4, 0.5) is 4.79 Å². The standard InChI is InChI=1S/C27H35NO5S/c1-20(16-27(2,3)4)19-34-24(29)15-23(25(30)32-17-21-11-7-5-8-12-21)28-26(31)33-18-22-13-9-6-10-14-22/h5-14,20,23H,15-19H2,1-4H3,(H,28,31)/t20?,23-/m0/s1. The van der Waals surface area contributed by atoms with Crippen molar-refractivity contribution in [3.05, 3.63) is 71.8 Å². The van der Waals surface area contributed by atoms with Crippen LogP contribution in [0.3, 0.4) is 0 Å². The fourth-order valence-corrected chi connectivity index (χ4v) is 4.37. The number of amides is 1. The SMILES string of the molecule is CC(CSC(=O)C[C@H](NC(=O)OCc1ccccc1)C(=O)OCc1ccccc1)CC(C)(C)C. The lowest BCUT2D eigenvalue weighted by molar-refractivity contribution is -0.148. The van der Waals surface area contributed by atoms with Gasteiger partial charge in [-0.1, -0.05) is 100 Å². The van der Waals surface area contributed by atoms with Crippen LogP contribution in [0.1, 0.15) is 51.7 Å². The predicted molar refractivity (Wildman–Crippen MR) is 135 cm³/mol. The summed E-state index contributed by atoms with van der Waals surface area (Å²) in [5, 5.41) is 2.34. The molecule has 1 N–H and O–H groups in total. The first-order valence-electron chi connectivity index (χ1n) is 11.5. The van der Waals surface area contributed by atoms with E-state index in [1.807, 2.05) is 60.7 Å². The second kappa shape index (κ2) is 13.8. The number of hydrogen-bond donors (Lipinski definition) is 1. The van der Waals surface area contributed by atoms with Crippen LogP contribution in [-0.2, 0) is 32.3 Å². The van der Waals surface area contributed by atoms with Gasteiger partial charge >= 0.3 is 12.1 Å². The monoisotopic (exact) mass is 485 g/mol. The smallest absolute Gasteiger partial charge is 0.408 e. The van der Waals surface area contributed by atoms with E-state index in [0.29, 0.717) is 11.7 Å². The molecule has 2 aromatic carbocycles. The van der Waals surface area contributed by atoms with E-state index in [1.54, 1.807) is 0 Å². The van der Waals surface area contributed by atoms with Crippen LogP contribution < -0.4 is 5.32 Å². The number of rotatable bonds is 11. The van der Waals surface area contributed by atoms with E-state index >= 15 is 0 Å². The molecule has 0 bridgehead atoms. The fraction of sp³-hybridized carbons (Fsp3) is 0.444. The maximum atomic E-state index is 12.7. The summed E-state index contributed by atoms with van der Waals surface area (Å²) in [6.07, 6.45) is 0.0466. The normalized spacial score (nSPS) is 12.9. The van der Waals surface area contributed by atoms with Gasteiger partial charge in [0.2, 0.25) is 0 Å². The Kier molecular flexibility index (Phi) is 11.1. The first-order valence-corrected chi connectivity index (χ1v) is 12.4. The number of alkyl carbamates (subject to hydrolysis) is 1. The lowest BCUT2D eigenvalue weighted by Gasteiger charge is -2.23. The molecule has 0 aliphatic carbocycles. The Labute approximate surface area is 206 Å². The van der Waals surface area contributed by atoms with Gasteiger partial charge in [-0.05, 0) is 28.9 Å². The van der Waals surface area contributed by atoms with Crippen molar-refractivity contribution in [1.29, 1.82) is 0 Å². The molecule has 0 spiro atoms. The Morgan fingerprint density at radius 2 is 1.41 bits per heavy atom. The summed E-state index contributed by atoms with van der Waals surface area (Å²) in [7, 11) is 0. The highest BCUT2D eigenvalue weighted by Gasteiger charge is 2.27. The number of benzene rings is 2. The van der Waals surface area contributed by atoms with E-state index in [9.17, 15) is 14.4 Å². The Morgan fingerprint density at radius 3 is 1.94 bits per heavy atom. The number of hydrogen-bond acceptors (Lipinski definition) is 6. The molecule has 1 amide bonds. The second-order valence-corrected chi connectivity index (χ2v) is 10.7. The summed E-state index contributed by atoms with van der Waals surface area (Å²) in [5.41, 5.74) is 1.81. The molecule has 0 aromatic heterocycles. The van der Waals surface area contributed by atoms with Gasteiger partial charge in [0, 0.05) is 12.2 Å². The molecule has 0 saturated heterocycles. The minimum atomic E-state index is -1.12. The lowest BCUT2D eigenvalue weighted by atomic mass is 9.86. The third-order valence-corrected chi connectivity index (χ3v) is 6.10. The summed E-state index contributed by atoms with van der Waals surface area (Å²) < 4.78 is 10.6. The summed E-state index contributed by atoms with van der Waals surface area (Å²) in [4.78, 5) is 37.7. The number of carbonyl (C=O) groups excluding carboxylic acids is 3. The third kappa shape index (κ3) is 11.4. The van der Waals surface area contributed by atoms with Crippen molar-refractivity contribution in [1.82, 2.24) is 5.32 Å². The molecule has 0 aliphatic heterocycles. The van der Waals surface area contributed by atoms with Crippen molar-refractivity contribution in [2.45, 2.75) is 59.8 Å². The molecule has 2 atom stereocenters.